The van der Waals surface area contributed by atoms with Gasteiger partial charge in [0.25, 0.3) is 0 Å². The van der Waals surface area contributed by atoms with Gasteiger partial charge in [-0.1, -0.05) is 6.07 Å². The molecule has 102 valence electrons. The second kappa shape index (κ2) is 5.38. The normalized spacial score (nSPS) is 10.7. The quantitative estimate of drug-likeness (QED) is 0.719. The number of aromatic amines is 1. The molecule has 0 saturated carbocycles. The molecule has 0 fully saturated rings. The highest BCUT2D eigenvalue weighted by Gasteiger charge is 2.12. The topological polar surface area (TPSA) is 75.7 Å². The Morgan fingerprint density at radius 3 is 3.00 bits per heavy atom. The molecule has 20 heavy (non-hydrogen) atoms. The minimum absolute atomic E-state index is 0.717. The molecule has 0 radical (unpaired) electrons. The molecule has 0 atom stereocenters. The summed E-state index contributed by atoms with van der Waals surface area (Å²) in [5.41, 5.74) is 1.62. The molecule has 1 aromatic carbocycles. The van der Waals surface area contributed by atoms with Crippen LogP contribution in [0.25, 0.3) is 11.0 Å². The van der Waals surface area contributed by atoms with E-state index in [4.69, 9.17) is 4.74 Å². The summed E-state index contributed by atoms with van der Waals surface area (Å²) in [7, 11) is 1.64. The van der Waals surface area contributed by atoms with E-state index in [0.717, 1.165) is 33.3 Å². The molecule has 6 nitrogen and oxygen atoms in total. The van der Waals surface area contributed by atoms with Gasteiger partial charge in [0.05, 0.1) is 12.5 Å². The van der Waals surface area contributed by atoms with Crippen LogP contribution < -0.4 is 10.1 Å². The Kier molecular flexibility index (Phi) is 3.42. The molecule has 0 saturated heterocycles. The monoisotopic (exact) mass is 287 g/mol. The summed E-state index contributed by atoms with van der Waals surface area (Å²) < 4.78 is 5.21. The Labute approximate surface area is 120 Å². The Bertz CT molecular complexity index is 742. The first-order chi connectivity index (χ1) is 9.81. The molecule has 2 aromatic heterocycles. The highest BCUT2D eigenvalue weighted by molar-refractivity contribution is 7.98. The summed E-state index contributed by atoms with van der Waals surface area (Å²) >= 11 is 1.55. The van der Waals surface area contributed by atoms with Crippen LogP contribution in [0.5, 0.6) is 5.75 Å². The lowest BCUT2D eigenvalue weighted by molar-refractivity contribution is 0.415. The maximum absolute atomic E-state index is 5.21. The fourth-order valence-electron chi connectivity index (χ4n) is 1.91. The zero-order chi connectivity index (χ0) is 13.9. The fraction of sp³-hybridized carbons (Fsp3) is 0.154. The van der Waals surface area contributed by atoms with Crippen molar-refractivity contribution in [3.05, 3.63) is 30.6 Å². The summed E-state index contributed by atoms with van der Waals surface area (Å²) in [5, 5.41) is 12.2. The van der Waals surface area contributed by atoms with Crippen LogP contribution in [0, 0.1) is 0 Å². The van der Waals surface area contributed by atoms with Gasteiger partial charge in [-0.2, -0.15) is 5.10 Å². The second-order valence-electron chi connectivity index (χ2n) is 4.04. The molecular formula is C13H13N5OS. The maximum Gasteiger partial charge on any atom is 0.161 e. The van der Waals surface area contributed by atoms with Crippen molar-refractivity contribution in [1.29, 1.82) is 0 Å². The minimum atomic E-state index is 0.717. The molecule has 7 heteroatoms. The summed E-state index contributed by atoms with van der Waals surface area (Å²) in [6, 6.07) is 7.68. The average molecular weight is 287 g/mol. The lowest BCUT2D eigenvalue weighted by Crippen LogP contribution is -1.96. The van der Waals surface area contributed by atoms with Crippen LogP contribution in [0.4, 0.5) is 11.5 Å². The highest BCUT2D eigenvalue weighted by atomic mass is 32.2. The van der Waals surface area contributed by atoms with E-state index in [0.29, 0.717) is 0 Å². The molecule has 2 N–H and O–H groups in total. The number of H-pyrrole nitrogens is 1. The number of aromatic nitrogens is 4. The van der Waals surface area contributed by atoms with Crippen molar-refractivity contribution in [1.82, 2.24) is 20.2 Å². The summed E-state index contributed by atoms with van der Waals surface area (Å²) in [6.07, 6.45) is 3.48. The third kappa shape index (κ3) is 2.27. The van der Waals surface area contributed by atoms with Crippen molar-refractivity contribution in [3.63, 3.8) is 0 Å². The predicted molar refractivity (Wildman–Crippen MR) is 79.7 cm³/mol. The van der Waals surface area contributed by atoms with E-state index in [2.05, 4.69) is 25.5 Å². The van der Waals surface area contributed by atoms with Crippen LogP contribution in [0.3, 0.4) is 0 Å². The van der Waals surface area contributed by atoms with Gasteiger partial charge < -0.3 is 10.1 Å². The number of hydrogen-bond donors (Lipinski definition) is 2. The van der Waals surface area contributed by atoms with Crippen molar-refractivity contribution >= 4 is 34.3 Å². The Hall–Kier alpha value is -2.28. The number of nitrogens with zero attached hydrogens (tertiary/aromatic N) is 3. The number of benzene rings is 1. The van der Waals surface area contributed by atoms with E-state index in [9.17, 15) is 0 Å². The third-order valence-corrected chi connectivity index (χ3v) is 3.53. The molecule has 0 aliphatic heterocycles. The van der Waals surface area contributed by atoms with E-state index in [1.807, 2.05) is 30.5 Å². The molecule has 0 bridgehead atoms. The fourth-order valence-corrected chi connectivity index (χ4v) is 2.45. The summed E-state index contributed by atoms with van der Waals surface area (Å²) in [5.74, 6) is 1.51. The maximum atomic E-state index is 5.21. The van der Waals surface area contributed by atoms with E-state index in [1.165, 1.54) is 6.33 Å². The van der Waals surface area contributed by atoms with Gasteiger partial charge in [-0.3, -0.25) is 5.10 Å². The highest BCUT2D eigenvalue weighted by Crippen LogP contribution is 2.30. The first kappa shape index (κ1) is 12.7. The summed E-state index contributed by atoms with van der Waals surface area (Å²) in [4.78, 5) is 8.48. The van der Waals surface area contributed by atoms with Crippen LogP contribution in [0.2, 0.25) is 0 Å². The number of anilines is 2. The number of rotatable bonds is 4. The Morgan fingerprint density at radius 2 is 2.20 bits per heavy atom. The standard InChI is InChI=1S/C13H13N5OS/c1-19-9-5-3-4-8(6-9)16-11-10-12(15-7-14-11)17-18-13(10)20-2/h3-7H,1-2H3,(H2,14,15,16,17,18). The minimum Gasteiger partial charge on any atom is -0.497 e. The zero-order valence-corrected chi connectivity index (χ0v) is 11.9. The van der Waals surface area contributed by atoms with Crippen LogP contribution in [0.1, 0.15) is 0 Å². The first-order valence-corrected chi connectivity index (χ1v) is 7.18. The van der Waals surface area contributed by atoms with Crippen molar-refractivity contribution in [2.24, 2.45) is 0 Å². The summed E-state index contributed by atoms with van der Waals surface area (Å²) in [6.45, 7) is 0. The molecule has 0 aliphatic rings. The molecular weight excluding hydrogens is 274 g/mol. The van der Waals surface area contributed by atoms with Crippen molar-refractivity contribution in [2.45, 2.75) is 5.03 Å². The van der Waals surface area contributed by atoms with Gasteiger partial charge in [-0.15, -0.1) is 11.8 Å². The van der Waals surface area contributed by atoms with Gasteiger partial charge >= 0.3 is 0 Å². The Balaban J connectivity index is 2.03. The van der Waals surface area contributed by atoms with Gasteiger partial charge in [-0.25, -0.2) is 9.97 Å². The van der Waals surface area contributed by atoms with E-state index in [1.54, 1.807) is 18.9 Å². The molecule has 2 heterocycles. The van der Waals surface area contributed by atoms with E-state index in [-0.39, 0.29) is 0 Å². The molecule has 3 rings (SSSR count). The van der Waals surface area contributed by atoms with E-state index < -0.39 is 0 Å². The van der Waals surface area contributed by atoms with Crippen molar-refractivity contribution < 1.29 is 4.74 Å². The van der Waals surface area contributed by atoms with Crippen LogP contribution >= 0.6 is 11.8 Å². The Morgan fingerprint density at radius 1 is 1.30 bits per heavy atom. The van der Waals surface area contributed by atoms with Gasteiger partial charge in [0.1, 0.15) is 22.9 Å². The number of hydrogen-bond acceptors (Lipinski definition) is 6. The van der Waals surface area contributed by atoms with Gasteiger partial charge in [0.2, 0.25) is 0 Å². The van der Waals surface area contributed by atoms with Gasteiger partial charge in [0.15, 0.2) is 5.65 Å². The lowest BCUT2D eigenvalue weighted by Gasteiger charge is -2.08. The molecule has 3 aromatic rings. The molecule has 0 spiro atoms. The third-order valence-electron chi connectivity index (χ3n) is 2.85. The van der Waals surface area contributed by atoms with Crippen LogP contribution in [-0.4, -0.2) is 33.5 Å². The SMILES string of the molecule is COc1cccc(Nc2ncnc3[nH]nc(SC)c23)c1. The number of nitrogens with one attached hydrogen (secondary N) is 2. The van der Waals surface area contributed by atoms with Crippen molar-refractivity contribution in [2.75, 3.05) is 18.7 Å². The van der Waals surface area contributed by atoms with Crippen molar-refractivity contribution in [3.8, 4) is 5.75 Å². The van der Waals surface area contributed by atoms with Gasteiger partial charge in [0, 0.05) is 11.8 Å². The smallest absolute Gasteiger partial charge is 0.161 e. The van der Waals surface area contributed by atoms with Gasteiger partial charge in [-0.05, 0) is 18.4 Å². The zero-order valence-electron chi connectivity index (χ0n) is 11.0. The molecule has 0 unspecified atom stereocenters. The van der Waals surface area contributed by atoms with Crippen LogP contribution in [0.15, 0.2) is 35.6 Å². The number of thioether (sulfide) groups is 1. The largest absolute Gasteiger partial charge is 0.497 e. The average Bonchev–Trinajstić information content (AvgIpc) is 2.92. The molecule has 0 amide bonds. The van der Waals surface area contributed by atoms with E-state index >= 15 is 0 Å². The number of fused-ring (bicyclic) bond motifs is 1. The second-order valence-corrected chi connectivity index (χ2v) is 4.83. The predicted octanol–water partition coefficient (Wildman–Crippen LogP) is 2.83. The van der Waals surface area contributed by atoms with Crippen LogP contribution in [-0.2, 0) is 0 Å². The number of methoxy groups -OCH3 is 1. The molecule has 0 aliphatic carbocycles. The number of ether oxygens (including phenoxy) is 1. The first-order valence-electron chi connectivity index (χ1n) is 5.96. The lowest BCUT2D eigenvalue weighted by atomic mass is 10.3.